The number of anilines is 1. The van der Waals surface area contributed by atoms with Crippen molar-refractivity contribution in [3.63, 3.8) is 0 Å². The monoisotopic (exact) mass is 296 g/mol. The van der Waals surface area contributed by atoms with Crippen molar-refractivity contribution in [1.29, 1.82) is 0 Å². The second-order valence-corrected chi connectivity index (χ2v) is 6.11. The zero-order valence-electron chi connectivity index (χ0n) is 11.9. The zero-order chi connectivity index (χ0) is 14.5. The van der Waals surface area contributed by atoms with Gasteiger partial charge in [-0.2, -0.15) is 0 Å². The van der Waals surface area contributed by atoms with Gasteiger partial charge >= 0.3 is 5.97 Å². The van der Waals surface area contributed by atoms with E-state index in [-0.39, 0.29) is 11.9 Å². The molecule has 0 bridgehead atoms. The van der Waals surface area contributed by atoms with Gasteiger partial charge in [-0.3, -0.25) is 9.69 Å². The fourth-order valence-electron chi connectivity index (χ4n) is 2.28. The summed E-state index contributed by atoms with van der Waals surface area (Å²) in [6, 6.07) is 1.76. The van der Waals surface area contributed by atoms with Crippen molar-refractivity contribution in [3.8, 4) is 0 Å². The summed E-state index contributed by atoms with van der Waals surface area (Å²) in [6.07, 6.45) is 2.30. The van der Waals surface area contributed by atoms with Crippen LogP contribution in [0.3, 0.4) is 0 Å². The number of amides is 1. The lowest BCUT2D eigenvalue weighted by Gasteiger charge is -2.13. The highest BCUT2D eigenvalue weighted by Gasteiger charge is 2.20. The van der Waals surface area contributed by atoms with Crippen LogP contribution in [0.15, 0.2) is 6.07 Å². The summed E-state index contributed by atoms with van der Waals surface area (Å²) < 4.78 is 5.00. The van der Waals surface area contributed by atoms with E-state index in [0.29, 0.717) is 23.7 Å². The Balaban J connectivity index is 2.00. The van der Waals surface area contributed by atoms with Gasteiger partial charge in [-0.25, -0.2) is 4.79 Å². The molecule has 1 saturated heterocycles. The minimum atomic E-state index is -0.381. The van der Waals surface area contributed by atoms with E-state index in [4.69, 9.17) is 4.74 Å². The van der Waals surface area contributed by atoms with Gasteiger partial charge in [-0.1, -0.05) is 0 Å². The SMILES string of the molecule is CCOC(=O)c1cc(C)sc1NC(=O)CN1CCCC1. The lowest BCUT2D eigenvalue weighted by atomic mass is 10.3. The smallest absolute Gasteiger partial charge is 0.341 e. The number of carbonyl (C=O) groups is 2. The van der Waals surface area contributed by atoms with Crippen LogP contribution in [0.2, 0.25) is 0 Å². The van der Waals surface area contributed by atoms with E-state index in [9.17, 15) is 9.59 Å². The minimum absolute atomic E-state index is 0.0701. The summed E-state index contributed by atoms with van der Waals surface area (Å²) >= 11 is 1.40. The number of nitrogens with zero attached hydrogens (tertiary/aromatic N) is 1. The van der Waals surface area contributed by atoms with E-state index < -0.39 is 0 Å². The number of thiophene rings is 1. The average Bonchev–Trinajstić information content (AvgIpc) is 2.99. The Labute approximate surface area is 122 Å². The Bertz CT molecular complexity index is 493. The highest BCUT2D eigenvalue weighted by molar-refractivity contribution is 7.16. The van der Waals surface area contributed by atoms with Crippen LogP contribution in [0.5, 0.6) is 0 Å². The third-order valence-corrected chi connectivity index (χ3v) is 4.14. The molecule has 1 aromatic heterocycles. The average molecular weight is 296 g/mol. The highest BCUT2D eigenvalue weighted by atomic mass is 32.1. The number of hydrogen-bond acceptors (Lipinski definition) is 5. The fraction of sp³-hybridized carbons (Fsp3) is 0.571. The highest BCUT2D eigenvalue weighted by Crippen LogP contribution is 2.28. The van der Waals surface area contributed by atoms with Gasteiger partial charge in [0.1, 0.15) is 5.00 Å². The molecule has 0 spiro atoms. The van der Waals surface area contributed by atoms with E-state index in [2.05, 4.69) is 10.2 Å². The molecule has 0 aliphatic carbocycles. The summed E-state index contributed by atoms with van der Waals surface area (Å²) in [6.45, 7) is 6.34. The number of aryl methyl sites for hydroxylation is 1. The molecule has 1 aliphatic heterocycles. The Morgan fingerprint density at radius 3 is 2.75 bits per heavy atom. The normalized spacial score (nSPS) is 15.3. The molecule has 110 valence electrons. The maximum atomic E-state index is 12.0. The summed E-state index contributed by atoms with van der Waals surface area (Å²) in [5, 5.41) is 3.42. The molecule has 1 fully saturated rings. The first-order chi connectivity index (χ1) is 9.60. The summed E-state index contributed by atoms with van der Waals surface area (Å²) in [4.78, 5) is 26.9. The molecule has 1 aliphatic rings. The predicted octanol–water partition coefficient (Wildman–Crippen LogP) is 2.27. The van der Waals surface area contributed by atoms with E-state index in [1.54, 1.807) is 13.0 Å². The molecule has 0 radical (unpaired) electrons. The van der Waals surface area contributed by atoms with Gasteiger partial charge in [-0.05, 0) is 45.8 Å². The van der Waals surface area contributed by atoms with Crippen LogP contribution in [0.25, 0.3) is 0 Å². The number of carbonyl (C=O) groups excluding carboxylic acids is 2. The Hall–Kier alpha value is -1.40. The second-order valence-electron chi connectivity index (χ2n) is 4.85. The third kappa shape index (κ3) is 3.80. The molecular weight excluding hydrogens is 276 g/mol. The quantitative estimate of drug-likeness (QED) is 0.847. The molecule has 1 amide bonds. The van der Waals surface area contributed by atoms with Crippen molar-refractivity contribution in [3.05, 3.63) is 16.5 Å². The van der Waals surface area contributed by atoms with Crippen LogP contribution < -0.4 is 5.32 Å². The predicted molar refractivity (Wildman–Crippen MR) is 79.3 cm³/mol. The molecule has 2 rings (SSSR count). The van der Waals surface area contributed by atoms with E-state index in [0.717, 1.165) is 30.8 Å². The second kappa shape index (κ2) is 6.85. The van der Waals surface area contributed by atoms with Crippen molar-refractivity contribution in [1.82, 2.24) is 4.90 Å². The number of nitrogens with one attached hydrogen (secondary N) is 1. The molecule has 1 aromatic rings. The van der Waals surface area contributed by atoms with Gasteiger partial charge in [0.2, 0.25) is 5.91 Å². The third-order valence-electron chi connectivity index (χ3n) is 3.17. The van der Waals surface area contributed by atoms with Gasteiger partial charge in [0.15, 0.2) is 0 Å². The van der Waals surface area contributed by atoms with Gasteiger partial charge in [0.25, 0.3) is 0 Å². The van der Waals surface area contributed by atoms with Crippen LogP contribution in [0, 0.1) is 6.92 Å². The minimum Gasteiger partial charge on any atom is -0.462 e. The van der Waals surface area contributed by atoms with Crippen molar-refractivity contribution in [2.75, 3.05) is 31.6 Å². The first-order valence-corrected chi connectivity index (χ1v) is 7.71. The standard InChI is InChI=1S/C14H20N2O3S/c1-3-19-14(18)11-8-10(2)20-13(11)15-12(17)9-16-6-4-5-7-16/h8H,3-7,9H2,1-2H3,(H,15,17). The number of ether oxygens (including phenoxy) is 1. The van der Waals surface area contributed by atoms with Crippen LogP contribution in [-0.2, 0) is 9.53 Å². The topological polar surface area (TPSA) is 58.6 Å². The van der Waals surface area contributed by atoms with E-state index in [1.165, 1.54) is 11.3 Å². The number of hydrogen-bond donors (Lipinski definition) is 1. The molecule has 20 heavy (non-hydrogen) atoms. The number of likely N-dealkylation sites (tertiary alicyclic amines) is 1. The van der Waals surface area contributed by atoms with Crippen molar-refractivity contribution in [2.45, 2.75) is 26.7 Å². The molecule has 0 saturated carbocycles. The lowest BCUT2D eigenvalue weighted by Crippen LogP contribution is -2.31. The lowest BCUT2D eigenvalue weighted by molar-refractivity contribution is -0.117. The molecular formula is C14H20N2O3S. The maximum absolute atomic E-state index is 12.0. The molecule has 5 nitrogen and oxygen atoms in total. The van der Waals surface area contributed by atoms with Gasteiger partial charge in [0.05, 0.1) is 18.7 Å². The molecule has 2 heterocycles. The Morgan fingerprint density at radius 1 is 1.40 bits per heavy atom. The first kappa shape index (κ1) is 15.0. The molecule has 6 heteroatoms. The van der Waals surface area contributed by atoms with Crippen molar-refractivity contribution < 1.29 is 14.3 Å². The summed E-state index contributed by atoms with van der Waals surface area (Å²) in [5.74, 6) is -0.451. The van der Waals surface area contributed by atoms with E-state index in [1.807, 2.05) is 6.92 Å². The van der Waals surface area contributed by atoms with Crippen LogP contribution in [-0.4, -0.2) is 43.0 Å². The van der Waals surface area contributed by atoms with Gasteiger partial charge in [0, 0.05) is 4.88 Å². The Kier molecular flexibility index (Phi) is 5.14. The van der Waals surface area contributed by atoms with Crippen molar-refractivity contribution in [2.24, 2.45) is 0 Å². The summed E-state index contributed by atoms with van der Waals surface area (Å²) in [7, 11) is 0. The first-order valence-electron chi connectivity index (χ1n) is 6.90. The number of rotatable bonds is 5. The largest absolute Gasteiger partial charge is 0.462 e. The molecule has 0 unspecified atom stereocenters. The van der Waals surface area contributed by atoms with Crippen LogP contribution in [0.1, 0.15) is 35.0 Å². The van der Waals surface area contributed by atoms with Crippen LogP contribution in [0.4, 0.5) is 5.00 Å². The zero-order valence-corrected chi connectivity index (χ0v) is 12.7. The van der Waals surface area contributed by atoms with Crippen LogP contribution >= 0.6 is 11.3 Å². The fourth-order valence-corrected chi connectivity index (χ4v) is 3.19. The van der Waals surface area contributed by atoms with E-state index >= 15 is 0 Å². The van der Waals surface area contributed by atoms with Gasteiger partial charge in [-0.15, -0.1) is 11.3 Å². The molecule has 0 atom stereocenters. The van der Waals surface area contributed by atoms with Gasteiger partial charge < -0.3 is 10.1 Å². The van der Waals surface area contributed by atoms with Crippen molar-refractivity contribution >= 4 is 28.2 Å². The Morgan fingerprint density at radius 2 is 2.10 bits per heavy atom. The maximum Gasteiger partial charge on any atom is 0.341 e. The molecule has 1 N–H and O–H groups in total. The molecule has 0 aromatic carbocycles. The number of esters is 1. The summed E-state index contributed by atoms with van der Waals surface area (Å²) in [5.41, 5.74) is 0.448.